The smallest absolute Gasteiger partial charge is 0.175 e. The summed E-state index contributed by atoms with van der Waals surface area (Å²) in [4.78, 5) is 24.5. The fourth-order valence-electron chi connectivity index (χ4n) is 7.09. The summed E-state index contributed by atoms with van der Waals surface area (Å²) >= 11 is 3.24. The van der Waals surface area contributed by atoms with E-state index in [0.717, 1.165) is 24.8 Å². The third-order valence-electron chi connectivity index (χ3n) is 8.88. The number of ketones is 2. The summed E-state index contributed by atoms with van der Waals surface area (Å²) in [7, 11) is 0. The quantitative estimate of drug-likeness (QED) is 0.666. The third kappa shape index (κ3) is 2.08. The maximum atomic E-state index is 12.6. The predicted molar refractivity (Wildman–Crippen MR) is 102 cm³/mol. The number of aliphatic hydroxyl groups is 2. The first-order chi connectivity index (χ1) is 12.1. The van der Waals surface area contributed by atoms with Crippen molar-refractivity contribution in [3.05, 3.63) is 11.6 Å². The summed E-state index contributed by atoms with van der Waals surface area (Å²) in [6.45, 7) is 4.19. The molecule has 4 aliphatic carbocycles. The lowest BCUT2D eigenvalue weighted by Crippen LogP contribution is -2.65. The van der Waals surface area contributed by atoms with Gasteiger partial charge >= 0.3 is 0 Å². The van der Waals surface area contributed by atoms with Crippen LogP contribution in [0.25, 0.3) is 0 Å². The van der Waals surface area contributed by atoms with Crippen molar-refractivity contribution in [3.8, 4) is 0 Å². The number of halogens is 1. The van der Waals surface area contributed by atoms with Gasteiger partial charge < -0.3 is 10.2 Å². The summed E-state index contributed by atoms with van der Waals surface area (Å²) in [6.07, 6.45) is 7.18. The Hall–Kier alpha value is -0.520. The monoisotopic (exact) mass is 424 g/mol. The number of carbonyl (C=O) groups is 2. The minimum Gasteiger partial charge on any atom is -0.389 e. The summed E-state index contributed by atoms with van der Waals surface area (Å²) in [5.74, 6) is 0.274. The average Bonchev–Trinajstić information content (AvgIpc) is 2.88. The molecule has 6 atom stereocenters. The van der Waals surface area contributed by atoms with Gasteiger partial charge in [0.1, 0.15) is 5.60 Å². The number of alkyl halides is 1. The molecule has 0 heterocycles. The first kappa shape index (κ1) is 18.8. The van der Waals surface area contributed by atoms with Gasteiger partial charge in [-0.05, 0) is 62.9 Å². The van der Waals surface area contributed by atoms with E-state index in [2.05, 4.69) is 29.8 Å². The first-order valence-electron chi connectivity index (χ1n) is 9.90. The molecule has 3 fully saturated rings. The Morgan fingerprint density at radius 1 is 1.12 bits per heavy atom. The zero-order valence-corrected chi connectivity index (χ0v) is 17.3. The summed E-state index contributed by atoms with van der Waals surface area (Å²) in [5.41, 5.74) is -1.85. The predicted octanol–water partition coefficient (Wildman–Crippen LogP) is 3.33. The van der Waals surface area contributed by atoms with Gasteiger partial charge in [0.25, 0.3) is 0 Å². The van der Waals surface area contributed by atoms with E-state index in [1.807, 2.05) is 0 Å². The second-order valence-electron chi connectivity index (χ2n) is 9.52. The van der Waals surface area contributed by atoms with Crippen molar-refractivity contribution in [1.29, 1.82) is 0 Å². The molecular formula is C21H29BrO4. The highest BCUT2D eigenvalue weighted by Crippen LogP contribution is 2.69. The molecule has 5 heteroatoms. The molecular weight excluding hydrogens is 396 g/mol. The van der Waals surface area contributed by atoms with Crippen LogP contribution in [0, 0.1) is 22.7 Å². The summed E-state index contributed by atoms with van der Waals surface area (Å²) in [5, 5.41) is 23.4. The molecule has 0 amide bonds. The lowest BCUT2D eigenvalue weighted by Gasteiger charge is -2.63. The van der Waals surface area contributed by atoms with Crippen molar-refractivity contribution < 1.29 is 19.8 Å². The van der Waals surface area contributed by atoms with Gasteiger partial charge in [-0.1, -0.05) is 35.4 Å². The molecule has 0 aromatic carbocycles. The number of carbonyl (C=O) groups excluding carboxylic acids is 2. The van der Waals surface area contributed by atoms with Crippen LogP contribution >= 0.6 is 15.9 Å². The van der Waals surface area contributed by atoms with Crippen LogP contribution < -0.4 is 0 Å². The van der Waals surface area contributed by atoms with Crippen molar-refractivity contribution in [1.82, 2.24) is 0 Å². The zero-order chi connectivity index (χ0) is 19.0. The highest BCUT2D eigenvalue weighted by molar-refractivity contribution is 9.09. The van der Waals surface area contributed by atoms with Gasteiger partial charge in [-0.2, -0.15) is 0 Å². The highest BCUT2D eigenvalue weighted by atomic mass is 79.9. The van der Waals surface area contributed by atoms with Crippen LogP contribution in [0.1, 0.15) is 65.2 Å². The Labute approximate surface area is 163 Å². The van der Waals surface area contributed by atoms with Crippen LogP contribution in [0.15, 0.2) is 11.6 Å². The summed E-state index contributed by atoms with van der Waals surface area (Å²) < 4.78 is 0. The van der Waals surface area contributed by atoms with Gasteiger partial charge in [-0.15, -0.1) is 0 Å². The van der Waals surface area contributed by atoms with E-state index < -0.39 is 16.6 Å². The second-order valence-corrected chi connectivity index (χ2v) is 10.1. The molecule has 0 aliphatic heterocycles. The SMILES string of the molecule is C[C@]12CCC(=O)C=C1CC[C@H]1[C@@H]3CC[C@](O)(C(=O)CBr)[C@@]3(C)CC[C@@]12O. The third-order valence-corrected chi connectivity index (χ3v) is 9.39. The Balaban J connectivity index is 1.74. The molecule has 0 spiro atoms. The van der Waals surface area contributed by atoms with Gasteiger partial charge in [0.15, 0.2) is 11.6 Å². The van der Waals surface area contributed by atoms with E-state index in [1.165, 1.54) is 0 Å². The molecule has 4 rings (SSSR count). The van der Waals surface area contributed by atoms with Gasteiger partial charge in [0, 0.05) is 17.3 Å². The molecule has 144 valence electrons. The van der Waals surface area contributed by atoms with Crippen molar-refractivity contribution in [2.24, 2.45) is 22.7 Å². The van der Waals surface area contributed by atoms with E-state index >= 15 is 0 Å². The molecule has 4 aliphatic rings. The lowest BCUT2D eigenvalue weighted by molar-refractivity contribution is -0.209. The molecule has 0 aromatic rings. The molecule has 2 N–H and O–H groups in total. The Morgan fingerprint density at radius 2 is 1.85 bits per heavy atom. The van der Waals surface area contributed by atoms with E-state index in [-0.39, 0.29) is 34.1 Å². The lowest BCUT2D eigenvalue weighted by atomic mass is 9.44. The average molecular weight is 425 g/mol. The number of rotatable bonds is 2. The van der Waals surface area contributed by atoms with Gasteiger partial charge in [-0.25, -0.2) is 0 Å². The molecule has 0 bridgehead atoms. The highest BCUT2D eigenvalue weighted by Gasteiger charge is 2.70. The van der Waals surface area contributed by atoms with Crippen LogP contribution in [0.5, 0.6) is 0 Å². The maximum Gasteiger partial charge on any atom is 0.175 e. The maximum absolute atomic E-state index is 12.6. The van der Waals surface area contributed by atoms with Crippen molar-refractivity contribution in [3.63, 3.8) is 0 Å². The van der Waals surface area contributed by atoms with Gasteiger partial charge in [-0.3, -0.25) is 9.59 Å². The fourth-order valence-corrected chi connectivity index (χ4v) is 7.55. The van der Waals surface area contributed by atoms with Crippen LogP contribution in [0.4, 0.5) is 0 Å². The fraction of sp³-hybridized carbons (Fsp3) is 0.810. The topological polar surface area (TPSA) is 74.6 Å². The normalized spacial score (nSPS) is 50.5. The van der Waals surface area contributed by atoms with E-state index in [0.29, 0.717) is 32.1 Å². The minimum absolute atomic E-state index is 0.0775. The van der Waals surface area contributed by atoms with E-state index in [9.17, 15) is 19.8 Å². The molecule has 0 radical (unpaired) electrons. The Kier molecular flexibility index (Phi) is 4.16. The van der Waals surface area contributed by atoms with E-state index in [4.69, 9.17) is 0 Å². The van der Waals surface area contributed by atoms with Crippen molar-refractivity contribution in [2.75, 3.05) is 5.33 Å². The van der Waals surface area contributed by atoms with Crippen LogP contribution in [0.3, 0.4) is 0 Å². The van der Waals surface area contributed by atoms with Gasteiger partial charge in [0.05, 0.1) is 10.9 Å². The minimum atomic E-state index is -1.29. The number of Topliss-reactive ketones (excluding diaryl/α,β-unsaturated/α-hetero) is 1. The molecule has 0 saturated heterocycles. The Bertz CT molecular complexity index is 702. The molecule has 26 heavy (non-hydrogen) atoms. The number of hydrogen-bond donors (Lipinski definition) is 2. The second kappa shape index (κ2) is 5.74. The largest absolute Gasteiger partial charge is 0.389 e. The van der Waals surface area contributed by atoms with Crippen LogP contribution in [-0.2, 0) is 9.59 Å². The van der Waals surface area contributed by atoms with Gasteiger partial charge in [0.2, 0.25) is 0 Å². The van der Waals surface area contributed by atoms with Crippen LogP contribution in [0.2, 0.25) is 0 Å². The number of fused-ring (bicyclic) bond motifs is 5. The first-order valence-corrected chi connectivity index (χ1v) is 11.0. The molecule has 4 nitrogen and oxygen atoms in total. The molecule has 0 unspecified atom stereocenters. The standard InChI is InChI=1S/C21H29BrO4/c1-18-7-5-14(23)11-13(18)3-4-16-15-6-8-21(26,17(24)12-22)19(15,2)9-10-20(16,18)25/h11,15-16,25-26H,3-10,12H2,1-2H3/t15-,16-,18-,19-,20+,21-/m0/s1. The summed E-state index contributed by atoms with van der Waals surface area (Å²) in [6, 6.07) is 0. The Morgan fingerprint density at radius 3 is 2.54 bits per heavy atom. The molecule has 0 aromatic heterocycles. The molecule has 3 saturated carbocycles. The van der Waals surface area contributed by atoms with Crippen molar-refractivity contribution >= 4 is 27.5 Å². The zero-order valence-electron chi connectivity index (χ0n) is 15.7. The van der Waals surface area contributed by atoms with E-state index in [1.54, 1.807) is 6.08 Å². The van der Waals surface area contributed by atoms with Crippen LogP contribution in [-0.4, -0.2) is 38.3 Å². The van der Waals surface area contributed by atoms with Crippen molar-refractivity contribution in [2.45, 2.75) is 76.4 Å². The number of hydrogen-bond acceptors (Lipinski definition) is 4.